The number of amides is 2. The SMILES string of the molecule is CC(C)NC(=O)C(C)NCC(=O)NC1CCCCCC1. The molecule has 1 aliphatic carbocycles. The molecule has 0 aromatic heterocycles. The number of hydrogen-bond donors (Lipinski definition) is 3. The second-order valence-corrected chi connectivity index (χ2v) is 6.02. The Hall–Kier alpha value is -1.10. The average Bonchev–Trinajstić information content (AvgIpc) is 2.63. The van der Waals surface area contributed by atoms with Crippen molar-refractivity contribution in [2.45, 2.75) is 77.4 Å². The monoisotopic (exact) mass is 283 g/mol. The van der Waals surface area contributed by atoms with E-state index >= 15 is 0 Å². The predicted molar refractivity (Wildman–Crippen MR) is 80.4 cm³/mol. The van der Waals surface area contributed by atoms with E-state index in [1.165, 1.54) is 25.7 Å². The van der Waals surface area contributed by atoms with Gasteiger partial charge in [-0.05, 0) is 33.6 Å². The second-order valence-electron chi connectivity index (χ2n) is 6.02. The summed E-state index contributed by atoms with van der Waals surface area (Å²) in [5.74, 6) is -0.0802. The van der Waals surface area contributed by atoms with Crippen LogP contribution in [0.25, 0.3) is 0 Å². The van der Waals surface area contributed by atoms with E-state index in [1.54, 1.807) is 6.92 Å². The summed E-state index contributed by atoms with van der Waals surface area (Å²) in [7, 11) is 0. The van der Waals surface area contributed by atoms with Crippen molar-refractivity contribution in [1.82, 2.24) is 16.0 Å². The van der Waals surface area contributed by atoms with Crippen LogP contribution < -0.4 is 16.0 Å². The van der Waals surface area contributed by atoms with E-state index in [0.717, 1.165) is 12.8 Å². The summed E-state index contributed by atoms with van der Waals surface area (Å²) >= 11 is 0. The number of rotatable bonds is 6. The summed E-state index contributed by atoms with van der Waals surface area (Å²) in [4.78, 5) is 23.6. The molecule has 2 amide bonds. The zero-order chi connectivity index (χ0) is 15.0. The van der Waals surface area contributed by atoms with Crippen LogP contribution in [0.4, 0.5) is 0 Å². The molecule has 0 aliphatic heterocycles. The van der Waals surface area contributed by atoms with E-state index in [0.29, 0.717) is 6.04 Å². The maximum atomic E-state index is 11.9. The molecule has 1 fully saturated rings. The molecule has 116 valence electrons. The first kappa shape index (κ1) is 17.0. The van der Waals surface area contributed by atoms with Gasteiger partial charge in [0.1, 0.15) is 0 Å². The quantitative estimate of drug-likeness (QED) is 0.644. The van der Waals surface area contributed by atoms with E-state index < -0.39 is 0 Å². The number of carbonyl (C=O) groups excluding carboxylic acids is 2. The molecule has 0 bridgehead atoms. The van der Waals surface area contributed by atoms with Crippen molar-refractivity contribution in [2.24, 2.45) is 0 Å². The molecule has 5 nitrogen and oxygen atoms in total. The third kappa shape index (κ3) is 6.89. The largest absolute Gasteiger partial charge is 0.353 e. The van der Waals surface area contributed by atoms with Gasteiger partial charge in [-0.15, -0.1) is 0 Å². The van der Waals surface area contributed by atoms with Gasteiger partial charge in [0, 0.05) is 12.1 Å². The molecule has 0 saturated heterocycles. The Morgan fingerprint density at radius 1 is 1.05 bits per heavy atom. The lowest BCUT2D eigenvalue weighted by molar-refractivity contribution is -0.124. The Kier molecular flexibility index (Phi) is 7.59. The summed E-state index contributed by atoms with van der Waals surface area (Å²) < 4.78 is 0. The molecule has 5 heteroatoms. The lowest BCUT2D eigenvalue weighted by Crippen LogP contribution is -2.48. The molecule has 0 aromatic rings. The molecule has 0 heterocycles. The highest BCUT2D eigenvalue weighted by Gasteiger charge is 2.17. The minimum Gasteiger partial charge on any atom is -0.353 e. The molecule has 0 aromatic carbocycles. The molecule has 1 rings (SSSR count). The van der Waals surface area contributed by atoms with Gasteiger partial charge in [0.15, 0.2) is 0 Å². The van der Waals surface area contributed by atoms with Crippen molar-refractivity contribution < 1.29 is 9.59 Å². The van der Waals surface area contributed by atoms with Crippen LogP contribution in [-0.2, 0) is 9.59 Å². The van der Waals surface area contributed by atoms with Crippen molar-refractivity contribution in [3.05, 3.63) is 0 Å². The first-order valence-electron chi connectivity index (χ1n) is 7.82. The lowest BCUT2D eigenvalue weighted by Gasteiger charge is -2.18. The Morgan fingerprint density at radius 2 is 1.65 bits per heavy atom. The van der Waals surface area contributed by atoms with Gasteiger partial charge in [0.2, 0.25) is 11.8 Å². The van der Waals surface area contributed by atoms with Gasteiger partial charge in [-0.2, -0.15) is 0 Å². The molecule has 1 saturated carbocycles. The normalized spacial score (nSPS) is 18.4. The first-order valence-corrected chi connectivity index (χ1v) is 7.82. The lowest BCUT2D eigenvalue weighted by atomic mass is 10.1. The van der Waals surface area contributed by atoms with Gasteiger partial charge >= 0.3 is 0 Å². The zero-order valence-corrected chi connectivity index (χ0v) is 13.0. The molecule has 0 radical (unpaired) electrons. The summed E-state index contributed by atoms with van der Waals surface area (Å²) in [5.41, 5.74) is 0. The van der Waals surface area contributed by atoms with Crippen molar-refractivity contribution in [2.75, 3.05) is 6.54 Å². The van der Waals surface area contributed by atoms with Gasteiger partial charge < -0.3 is 10.6 Å². The van der Waals surface area contributed by atoms with Crippen LogP contribution in [0.3, 0.4) is 0 Å². The Labute approximate surface area is 122 Å². The Balaban J connectivity index is 2.23. The van der Waals surface area contributed by atoms with E-state index in [2.05, 4.69) is 16.0 Å². The fourth-order valence-electron chi connectivity index (χ4n) is 2.45. The zero-order valence-electron chi connectivity index (χ0n) is 13.0. The molecule has 20 heavy (non-hydrogen) atoms. The molecular weight excluding hydrogens is 254 g/mol. The number of nitrogens with one attached hydrogen (secondary N) is 3. The molecular formula is C15H29N3O2. The van der Waals surface area contributed by atoms with Crippen LogP contribution in [0.2, 0.25) is 0 Å². The van der Waals surface area contributed by atoms with Gasteiger partial charge in [0.05, 0.1) is 12.6 Å². The number of hydrogen-bond acceptors (Lipinski definition) is 3. The van der Waals surface area contributed by atoms with Crippen LogP contribution in [0, 0.1) is 0 Å². The summed E-state index contributed by atoms with van der Waals surface area (Å²) in [6, 6.07) is 0.0791. The fourth-order valence-corrected chi connectivity index (χ4v) is 2.45. The van der Waals surface area contributed by atoms with Crippen LogP contribution >= 0.6 is 0 Å². The van der Waals surface area contributed by atoms with Crippen LogP contribution in [0.5, 0.6) is 0 Å². The molecule has 3 N–H and O–H groups in total. The third-order valence-corrected chi connectivity index (χ3v) is 3.61. The van der Waals surface area contributed by atoms with Gasteiger partial charge in [-0.1, -0.05) is 25.7 Å². The minimum absolute atomic E-state index is 0.0129. The van der Waals surface area contributed by atoms with E-state index in [1.807, 2.05) is 13.8 Å². The predicted octanol–water partition coefficient (Wildman–Crippen LogP) is 1.33. The smallest absolute Gasteiger partial charge is 0.237 e. The topological polar surface area (TPSA) is 70.2 Å². The summed E-state index contributed by atoms with van der Waals surface area (Å²) in [6.07, 6.45) is 7.11. The van der Waals surface area contributed by atoms with Gasteiger partial charge in [-0.3, -0.25) is 14.9 Å². The van der Waals surface area contributed by atoms with E-state index in [4.69, 9.17) is 0 Å². The first-order chi connectivity index (χ1) is 9.49. The van der Waals surface area contributed by atoms with E-state index in [9.17, 15) is 9.59 Å². The molecule has 1 atom stereocenters. The van der Waals surface area contributed by atoms with Crippen molar-refractivity contribution >= 4 is 11.8 Å². The maximum absolute atomic E-state index is 11.9. The number of carbonyl (C=O) groups is 2. The molecule has 1 unspecified atom stereocenters. The van der Waals surface area contributed by atoms with Gasteiger partial charge in [0.25, 0.3) is 0 Å². The van der Waals surface area contributed by atoms with E-state index in [-0.39, 0.29) is 30.4 Å². The van der Waals surface area contributed by atoms with Crippen molar-refractivity contribution in [3.63, 3.8) is 0 Å². The Bertz CT molecular complexity index is 310. The standard InChI is InChI=1S/C15H29N3O2/c1-11(2)17-15(20)12(3)16-10-14(19)18-13-8-6-4-5-7-9-13/h11-13,16H,4-10H2,1-3H3,(H,17,20)(H,18,19). The van der Waals surface area contributed by atoms with Crippen LogP contribution in [0.15, 0.2) is 0 Å². The van der Waals surface area contributed by atoms with Crippen LogP contribution in [0.1, 0.15) is 59.3 Å². The molecule has 0 spiro atoms. The Morgan fingerprint density at radius 3 is 2.20 bits per heavy atom. The summed E-state index contributed by atoms with van der Waals surface area (Å²) in [6.45, 7) is 5.81. The van der Waals surface area contributed by atoms with Gasteiger partial charge in [-0.25, -0.2) is 0 Å². The van der Waals surface area contributed by atoms with Crippen molar-refractivity contribution in [1.29, 1.82) is 0 Å². The highest BCUT2D eigenvalue weighted by molar-refractivity contribution is 5.83. The van der Waals surface area contributed by atoms with Crippen molar-refractivity contribution in [3.8, 4) is 0 Å². The maximum Gasteiger partial charge on any atom is 0.237 e. The fraction of sp³-hybridized carbons (Fsp3) is 0.867. The average molecular weight is 283 g/mol. The summed E-state index contributed by atoms with van der Waals surface area (Å²) in [5, 5.41) is 8.85. The highest BCUT2D eigenvalue weighted by Crippen LogP contribution is 2.16. The molecule has 1 aliphatic rings. The third-order valence-electron chi connectivity index (χ3n) is 3.61. The minimum atomic E-state index is -0.350. The second kappa shape index (κ2) is 8.95. The van der Waals surface area contributed by atoms with Crippen LogP contribution in [-0.4, -0.2) is 36.5 Å². The highest BCUT2D eigenvalue weighted by atomic mass is 16.2.